The molecule has 1 amide bonds. The number of amides is 1. The van der Waals surface area contributed by atoms with Crippen LogP contribution in [0.25, 0.3) is 10.9 Å². The lowest BCUT2D eigenvalue weighted by Gasteiger charge is -2.19. The van der Waals surface area contributed by atoms with Crippen molar-refractivity contribution in [1.82, 2.24) is 15.2 Å². The normalized spacial score (nSPS) is 16.1. The van der Waals surface area contributed by atoms with Gasteiger partial charge in [-0.2, -0.15) is 0 Å². The third-order valence-electron chi connectivity index (χ3n) is 5.36. The van der Waals surface area contributed by atoms with E-state index >= 15 is 0 Å². The van der Waals surface area contributed by atoms with Gasteiger partial charge in [0.1, 0.15) is 0 Å². The number of benzene rings is 1. The topological polar surface area (TPSA) is 48.1 Å². The van der Waals surface area contributed by atoms with E-state index in [2.05, 4.69) is 48.1 Å². The molecule has 2 aromatic rings. The Labute approximate surface area is 151 Å². The van der Waals surface area contributed by atoms with Crippen LogP contribution in [-0.2, 0) is 11.2 Å². The number of fused-ring (bicyclic) bond motifs is 1. The molecule has 1 aliphatic rings. The van der Waals surface area contributed by atoms with E-state index in [0.29, 0.717) is 6.42 Å². The number of aromatic nitrogens is 1. The molecule has 2 heterocycles. The van der Waals surface area contributed by atoms with Gasteiger partial charge in [0.25, 0.3) is 0 Å². The van der Waals surface area contributed by atoms with Crippen LogP contribution in [0.5, 0.6) is 0 Å². The number of hydrogen-bond donors (Lipinski definition) is 2. The molecule has 0 aliphatic carbocycles. The molecule has 0 unspecified atom stereocenters. The average molecular weight is 341 g/mol. The summed E-state index contributed by atoms with van der Waals surface area (Å²) in [7, 11) is 0. The Hall–Kier alpha value is -1.81. The number of hydrogen-bond acceptors (Lipinski definition) is 2. The number of aryl methyl sites for hydroxylation is 3. The maximum atomic E-state index is 12.4. The molecule has 0 atom stereocenters. The van der Waals surface area contributed by atoms with Crippen molar-refractivity contribution in [3.05, 3.63) is 34.5 Å². The minimum absolute atomic E-state index is 0.123. The first kappa shape index (κ1) is 18.0. The van der Waals surface area contributed by atoms with Crippen molar-refractivity contribution < 1.29 is 4.79 Å². The van der Waals surface area contributed by atoms with Crippen LogP contribution in [0, 0.1) is 20.8 Å². The molecular weight excluding hydrogens is 310 g/mol. The van der Waals surface area contributed by atoms with Gasteiger partial charge in [-0.15, -0.1) is 0 Å². The van der Waals surface area contributed by atoms with Crippen LogP contribution in [-0.4, -0.2) is 42.0 Å². The molecule has 4 heteroatoms. The zero-order valence-electron chi connectivity index (χ0n) is 15.9. The lowest BCUT2D eigenvalue weighted by Crippen LogP contribution is -2.36. The van der Waals surface area contributed by atoms with Gasteiger partial charge in [-0.3, -0.25) is 4.79 Å². The molecule has 1 fully saturated rings. The molecule has 1 aliphatic heterocycles. The van der Waals surface area contributed by atoms with Crippen LogP contribution < -0.4 is 5.32 Å². The van der Waals surface area contributed by atoms with Gasteiger partial charge in [-0.1, -0.05) is 24.5 Å². The molecular formula is C21H31N3O. The quantitative estimate of drug-likeness (QED) is 0.872. The lowest BCUT2D eigenvalue weighted by molar-refractivity contribution is -0.120. The van der Waals surface area contributed by atoms with Crippen molar-refractivity contribution in [3.8, 4) is 0 Å². The molecule has 3 rings (SSSR count). The van der Waals surface area contributed by atoms with Gasteiger partial charge < -0.3 is 15.2 Å². The van der Waals surface area contributed by atoms with E-state index < -0.39 is 0 Å². The monoisotopic (exact) mass is 341 g/mol. The highest BCUT2D eigenvalue weighted by atomic mass is 16.1. The maximum Gasteiger partial charge on any atom is 0.224 e. The van der Waals surface area contributed by atoms with Crippen molar-refractivity contribution in [2.75, 3.05) is 26.2 Å². The molecule has 1 aromatic carbocycles. The van der Waals surface area contributed by atoms with Gasteiger partial charge in [-0.05, 0) is 63.9 Å². The van der Waals surface area contributed by atoms with Gasteiger partial charge >= 0.3 is 0 Å². The zero-order valence-corrected chi connectivity index (χ0v) is 15.9. The SMILES string of the molecule is Cc1cc(C)c2[nH]c(C)c(CC(=O)NCCN3CCCCCC3)c2c1. The zero-order chi connectivity index (χ0) is 17.8. The lowest BCUT2D eigenvalue weighted by atomic mass is 10.0. The second kappa shape index (κ2) is 8.05. The van der Waals surface area contributed by atoms with Crippen LogP contribution in [0.4, 0.5) is 0 Å². The number of nitrogens with zero attached hydrogens (tertiary/aromatic N) is 1. The Balaban J connectivity index is 1.59. The largest absolute Gasteiger partial charge is 0.358 e. The maximum absolute atomic E-state index is 12.4. The van der Waals surface area contributed by atoms with Crippen molar-refractivity contribution in [3.63, 3.8) is 0 Å². The van der Waals surface area contributed by atoms with Gasteiger partial charge in [0.05, 0.1) is 6.42 Å². The van der Waals surface area contributed by atoms with E-state index in [0.717, 1.165) is 29.9 Å². The third-order valence-corrected chi connectivity index (χ3v) is 5.36. The highest BCUT2D eigenvalue weighted by Gasteiger charge is 2.14. The molecule has 0 spiro atoms. The molecule has 2 N–H and O–H groups in total. The summed E-state index contributed by atoms with van der Waals surface area (Å²) in [5.41, 5.74) is 5.88. The summed E-state index contributed by atoms with van der Waals surface area (Å²) in [5, 5.41) is 4.31. The third kappa shape index (κ3) is 4.43. The summed E-state index contributed by atoms with van der Waals surface area (Å²) in [5.74, 6) is 0.123. The van der Waals surface area contributed by atoms with Gasteiger partial charge in [-0.25, -0.2) is 0 Å². The van der Waals surface area contributed by atoms with E-state index in [1.54, 1.807) is 0 Å². The number of likely N-dealkylation sites (tertiary alicyclic amines) is 1. The Morgan fingerprint density at radius 3 is 2.56 bits per heavy atom. The number of carbonyl (C=O) groups is 1. The Kier molecular flexibility index (Phi) is 5.79. The molecule has 4 nitrogen and oxygen atoms in total. The number of rotatable bonds is 5. The van der Waals surface area contributed by atoms with Crippen molar-refractivity contribution in [1.29, 1.82) is 0 Å². The van der Waals surface area contributed by atoms with E-state index in [-0.39, 0.29) is 5.91 Å². The average Bonchev–Trinajstić information content (AvgIpc) is 2.75. The summed E-state index contributed by atoms with van der Waals surface area (Å²) in [6, 6.07) is 4.37. The van der Waals surface area contributed by atoms with Crippen LogP contribution in [0.15, 0.2) is 12.1 Å². The minimum Gasteiger partial charge on any atom is -0.358 e. The fourth-order valence-electron chi connectivity index (χ4n) is 4.00. The van der Waals surface area contributed by atoms with Crippen molar-refractivity contribution >= 4 is 16.8 Å². The smallest absolute Gasteiger partial charge is 0.224 e. The van der Waals surface area contributed by atoms with E-state index in [1.165, 1.54) is 55.3 Å². The second-order valence-electron chi connectivity index (χ2n) is 7.52. The molecule has 0 saturated carbocycles. The molecule has 0 radical (unpaired) electrons. The van der Waals surface area contributed by atoms with Crippen LogP contribution >= 0.6 is 0 Å². The molecule has 1 saturated heterocycles. The molecule has 25 heavy (non-hydrogen) atoms. The first-order chi connectivity index (χ1) is 12.0. The summed E-state index contributed by atoms with van der Waals surface area (Å²) in [6.45, 7) is 10.4. The van der Waals surface area contributed by atoms with Gasteiger partial charge in [0, 0.05) is 29.7 Å². The van der Waals surface area contributed by atoms with E-state index in [9.17, 15) is 4.79 Å². The number of H-pyrrole nitrogens is 1. The second-order valence-corrected chi connectivity index (χ2v) is 7.52. The predicted octanol–water partition coefficient (Wildman–Crippen LogP) is 3.63. The first-order valence-corrected chi connectivity index (χ1v) is 9.62. The number of carbonyl (C=O) groups excluding carboxylic acids is 1. The highest BCUT2D eigenvalue weighted by molar-refractivity contribution is 5.92. The van der Waals surface area contributed by atoms with Gasteiger partial charge in [0.2, 0.25) is 5.91 Å². The minimum atomic E-state index is 0.123. The van der Waals surface area contributed by atoms with Crippen LogP contribution in [0.2, 0.25) is 0 Å². The van der Waals surface area contributed by atoms with E-state index in [4.69, 9.17) is 0 Å². The van der Waals surface area contributed by atoms with Gasteiger partial charge in [0.15, 0.2) is 0 Å². The summed E-state index contributed by atoms with van der Waals surface area (Å²) in [6.07, 6.45) is 5.74. The number of aromatic amines is 1. The fourth-order valence-corrected chi connectivity index (χ4v) is 4.00. The Bertz CT molecular complexity index is 739. The van der Waals surface area contributed by atoms with Crippen molar-refractivity contribution in [2.45, 2.75) is 52.9 Å². The van der Waals surface area contributed by atoms with Crippen LogP contribution in [0.3, 0.4) is 0 Å². The summed E-state index contributed by atoms with van der Waals surface area (Å²) in [4.78, 5) is 18.4. The molecule has 136 valence electrons. The fraction of sp³-hybridized carbons (Fsp3) is 0.571. The summed E-state index contributed by atoms with van der Waals surface area (Å²) < 4.78 is 0. The summed E-state index contributed by atoms with van der Waals surface area (Å²) >= 11 is 0. The number of nitrogens with one attached hydrogen (secondary N) is 2. The highest BCUT2D eigenvalue weighted by Crippen LogP contribution is 2.26. The standard InChI is InChI=1S/C21H31N3O/c1-15-12-16(2)21-19(13-15)18(17(3)23-21)14-20(25)22-8-11-24-9-6-4-5-7-10-24/h12-13,23H,4-11,14H2,1-3H3,(H,22,25). The Morgan fingerprint density at radius 1 is 1.12 bits per heavy atom. The molecule has 1 aromatic heterocycles. The predicted molar refractivity (Wildman–Crippen MR) is 104 cm³/mol. The van der Waals surface area contributed by atoms with E-state index in [1.807, 2.05) is 0 Å². The van der Waals surface area contributed by atoms with Crippen molar-refractivity contribution in [2.24, 2.45) is 0 Å². The first-order valence-electron chi connectivity index (χ1n) is 9.62. The Morgan fingerprint density at radius 2 is 1.84 bits per heavy atom. The molecule has 0 bridgehead atoms. The van der Waals surface area contributed by atoms with Crippen LogP contribution in [0.1, 0.15) is 48.1 Å².